The number of rotatable bonds is 6. The topological polar surface area (TPSA) is 44.8 Å². The Morgan fingerprint density at radius 3 is 2.64 bits per heavy atom. The molecule has 0 aliphatic heterocycles. The van der Waals surface area contributed by atoms with E-state index in [0.29, 0.717) is 11.5 Å². The molecule has 0 fully saturated rings. The van der Waals surface area contributed by atoms with E-state index >= 15 is 0 Å². The third-order valence-electron chi connectivity index (χ3n) is 3.02. The lowest BCUT2D eigenvalue weighted by Crippen LogP contribution is -2.00. The van der Waals surface area contributed by atoms with Crippen LogP contribution in [0.25, 0.3) is 6.08 Å². The van der Waals surface area contributed by atoms with Crippen LogP contribution in [0.15, 0.2) is 60.2 Å². The first-order valence-electron chi connectivity index (χ1n) is 6.85. The summed E-state index contributed by atoms with van der Waals surface area (Å²) in [6.45, 7) is 0.247. The lowest BCUT2D eigenvalue weighted by molar-refractivity contribution is -0.134. The quantitative estimate of drug-likeness (QED) is 0.597. The average Bonchev–Trinajstić information content (AvgIpc) is 3.05. The zero-order valence-corrected chi connectivity index (χ0v) is 12.6. The van der Waals surface area contributed by atoms with Gasteiger partial charge in [0.1, 0.15) is 6.61 Å². The SMILES string of the molecule is COC(=O)/C=C/COc1c(C=C2C=CC=C2)cccc1OC. The number of carbonyl (C=O) groups is 1. The fourth-order valence-corrected chi connectivity index (χ4v) is 1.97. The minimum Gasteiger partial charge on any atom is -0.493 e. The van der Waals surface area contributed by atoms with E-state index in [1.807, 2.05) is 48.6 Å². The highest BCUT2D eigenvalue weighted by Gasteiger charge is 2.09. The van der Waals surface area contributed by atoms with E-state index < -0.39 is 5.97 Å². The molecule has 4 heteroatoms. The van der Waals surface area contributed by atoms with Gasteiger partial charge in [0.2, 0.25) is 0 Å². The van der Waals surface area contributed by atoms with Gasteiger partial charge < -0.3 is 14.2 Å². The summed E-state index contributed by atoms with van der Waals surface area (Å²) in [6.07, 6.45) is 12.9. The van der Waals surface area contributed by atoms with Gasteiger partial charge in [-0.05, 0) is 23.8 Å². The standard InChI is InChI=1S/C18H18O4/c1-20-16-10-5-9-15(13-14-7-3-4-8-14)18(16)22-12-6-11-17(19)21-2/h3-11,13H,12H2,1-2H3/b11-6+. The van der Waals surface area contributed by atoms with Gasteiger partial charge in [0, 0.05) is 11.6 Å². The Morgan fingerprint density at radius 1 is 1.18 bits per heavy atom. The van der Waals surface area contributed by atoms with Gasteiger partial charge >= 0.3 is 5.97 Å². The molecule has 0 heterocycles. The summed E-state index contributed by atoms with van der Waals surface area (Å²) < 4.78 is 15.6. The summed E-state index contributed by atoms with van der Waals surface area (Å²) in [5.74, 6) is 0.875. The predicted octanol–water partition coefficient (Wildman–Crippen LogP) is 3.31. The minimum absolute atomic E-state index is 0.247. The number of benzene rings is 1. The van der Waals surface area contributed by atoms with E-state index in [-0.39, 0.29) is 6.61 Å². The van der Waals surface area contributed by atoms with Crippen LogP contribution in [0.4, 0.5) is 0 Å². The highest BCUT2D eigenvalue weighted by atomic mass is 16.5. The first-order valence-corrected chi connectivity index (χ1v) is 6.85. The molecule has 0 bridgehead atoms. The molecule has 2 rings (SSSR count). The number of methoxy groups -OCH3 is 2. The number of hydrogen-bond donors (Lipinski definition) is 0. The van der Waals surface area contributed by atoms with Gasteiger partial charge in [-0.15, -0.1) is 0 Å². The molecule has 114 valence electrons. The second kappa shape index (κ2) is 7.88. The van der Waals surface area contributed by atoms with Crippen molar-refractivity contribution in [2.75, 3.05) is 20.8 Å². The molecule has 0 radical (unpaired) electrons. The number of allylic oxidation sites excluding steroid dienone is 5. The van der Waals surface area contributed by atoms with E-state index in [9.17, 15) is 4.79 Å². The molecule has 4 nitrogen and oxygen atoms in total. The number of carbonyl (C=O) groups excluding carboxylic acids is 1. The van der Waals surface area contributed by atoms with Crippen molar-refractivity contribution in [1.29, 1.82) is 0 Å². The number of ether oxygens (including phenoxy) is 3. The minimum atomic E-state index is -0.410. The third kappa shape index (κ3) is 4.12. The molecule has 0 amide bonds. The van der Waals surface area contributed by atoms with Crippen LogP contribution >= 0.6 is 0 Å². The van der Waals surface area contributed by atoms with Gasteiger partial charge in [-0.25, -0.2) is 4.79 Å². The van der Waals surface area contributed by atoms with E-state index in [2.05, 4.69) is 4.74 Å². The molecule has 0 aromatic heterocycles. The van der Waals surface area contributed by atoms with Crippen molar-refractivity contribution in [2.45, 2.75) is 0 Å². The lowest BCUT2D eigenvalue weighted by Gasteiger charge is -2.12. The predicted molar refractivity (Wildman–Crippen MR) is 85.9 cm³/mol. The molecule has 0 atom stereocenters. The smallest absolute Gasteiger partial charge is 0.330 e. The van der Waals surface area contributed by atoms with Crippen molar-refractivity contribution in [3.05, 3.63) is 65.8 Å². The Kier molecular flexibility index (Phi) is 5.60. The van der Waals surface area contributed by atoms with E-state index in [1.165, 1.54) is 13.2 Å². The van der Waals surface area contributed by atoms with Crippen LogP contribution in [0, 0.1) is 0 Å². The van der Waals surface area contributed by atoms with Crippen molar-refractivity contribution in [3.8, 4) is 11.5 Å². The van der Waals surface area contributed by atoms with Crippen LogP contribution in [0.1, 0.15) is 5.56 Å². The number of esters is 1. The molecule has 0 saturated heterocycles. The van der Waals surface area contributed by atoms with Crippen molar-refractivity contribution in [1.82, 2.24) is 0 Å². The maximum atomic E-state index is 11.0. The fourth-order valence-electron chi connectivity index (χ4n) is 1.97. The molecule has 22 heavy (non-hydrogen) atoms. The maximum absolute atomic E-state index is 11.0. The average molecular weight is 298 g/mol. The van der Waals surface area contributed by atoms with Crippen LogP contribution in [0.3, 0.4) is 0 Å². The Labute approximate surface area is 130 Å². The van der Waals surface area contributed by atoms with Crippen molar-refractivity contribution in [2.24, 2.45) is 0 Å². The molecule has 0 N–H and O–H groups in total. The summed E-state index contributed by atoms with van der Waals surface area (Å²) in [7, 11) is 2.93. The Balaban J connectivity index is 2.18. The summed E-state index contributed by atoms with van der Waals surface area (Å²) >= 11 is 0. The first kappa shape index (κ1) is 15.6. The Morgan fingerprint density at radius 2 is 1.95 bits per heavy atom. The zero-order valence-electron chi connectivity index (χ0n) is 12.6. The van der Waals surface area contributed by atoms with Crippen LogP contribution < -0.4 is 9.47 Å². The number of hydrogen-bond acceptors (Lipinski definition) is 4. The molecule has 1 aliphatic rings. The molecule has 0 saturated carbocycles. The third-order valence-corrected chi connectivity index (χ3v) is 3.02. The van der Waals surface area contributed by atoms with Crippen LogP contribution in [-0.2, 0) is 9.53 Å². The molecule has 1 aromatic rings. The van der Waals surface area contributed by atoms with Crippen LogP contribution in [-0.4, -0.2) is 26.8 Å². The van der Waals surface area contributed by atoms with Gasteiger partial charge in [0.15, 0.2) is 11.5 Å². The monoisotopic (exact) mass is 298 g/mol. The molecule has 0 spiro atoms. The molecular formula is C18H18O4. The van der Waals surface area contributed by atoms with Gasteiger partial charge in [0.05, 0.1) is 14.2 Å². The second-order valence-corrected chi connectivity index (χ2v) is 4.48. The van der Waals surface area contributed by atoms with Crippen molar-refractivity contribution < 1.29 is 19.0 Å². The van der Waals surface area contributed by atoms with Gasteiger partial charge in [0.25, 0.3) is 0 Å². The summed E-state index contributed by atoms with van der Waals surface area (Å²) in [6, 6.07) is 5.70. The molecular weight excluding hydrogens is 280 g/mol. The molecule has 1 aliphatic carbocycles. The molecule has 1 aromatic carbocycles. The Bertz CT molecular complexity index is 637. The normalized spacial score (nSPS) is 12.7. The van der Waals surface area contributed by atoms with Gasteiger partial charge in [-0.3, -0.25) is 0 Å². The van der Waals surface area contributed by atoms with Crippen molar-refractivity contribution >= 4 is 12.0 Å². The fraction of sp³-hybridized carbons (Fsp3) is 0.167. The van der Waals surface area contributed by atoms with E-state index in [4.69, 9.17) is 9.47 Å². The summed E-state index contributed by atoms with van der Waals surface area (Å²) in [5.41, 5.74) is 2.00. The van der Waals surface area contributed by atoms with Crippen LogP contribution in [0.5, 0.6) is 11.5 Å². The van der Waals surface area contributed by atoms with Crippen molar-refractivity contribution in [3.63, 3.8) is 0 Å². The number of para-hydroxylation sites is 1. The summed E-state index contributed by atoms with van der Waals surface area (Å²) in [4.78, 5) is 11.0. The second-order valence-electron chi connectivity index (χ2n) is 4.48. The zero-order chi connectivity index (χ0) is 15.8. The van der Waals surface area contributed by atoms with Gasteiger partial charge in [-0.2, -0.15) is 0 Å². The van der Waals surface area contributed by atoms with E-state index in [1.54, 1.807) is 13.2 Å². The first-order chi connectivity index (χ1) is 10.7. The van der Waals surface area contributed by atoms with Crippen LogP contribution in [0.2, 0.25) is 0 Å². The van der Waals surface area contributed by atoms with E-state index in [0.717, 1.165) is 11.1 Å². The largest absolute Gasteiger partial charge is 0.493 e. The maximum Gasteiger partial charge on any atom is 0.330 e. The van der Waals surface area contributed by atoms with Gasteiger partial charge in [-0.1, -0.05) is 36.4 Å². The Hall–Kier alpha value is -2.75. The lowest BCUT2D eigenvalue weighted by atomic mass is 10.1. The highest BCUT2D eigenvalue weighted by molar-refractivity contribution is 5.81. The molecule has 0 unspecified atom stereocenters. The summed E-state index contributed by atoms with van der Waals surface area (Å²) in [5, 5.41) is 0. The highest BCUT2D eigenvalue weighted by Crippen LogP contribution is 2.33.